The van der Waals surface area contributed by atoms with Gasteiger partial charge in [-0.2, -0.15) is 0 Å². The topological polar surface area (TPSA) is 114 Å². The first-order chi connectivity index (χ1) is 38.7. The van der Waals surface area contributed by atoms with Crippen LogP contribution in [-0.2, 0) is 66.9 Å². The Morgan fingerprint density at radius 2 is 0.475 bits per heavy atom. The van der Waals surface area contributed by atoms with E-state index in [0.29, 0.717) is 22.3 Å². The Hall–Kier alpha value is -7.74. The molecule has 7 aliphatic carbocycles. The third-order valence-corrected chi connectivity index (χ3v) is 25.4. The van der Waals surface area contributed by atoms with Crippen molar-refractivity contribution in [3.63, 3.8) is 0 Å². The van der Waals surface area contributed by atoms with Crippen molar-refractivity contribution >= 4 is 215 Å². The molecule has 0 saturated carbocycles. The lowest BCUT2D eigenvalue weighted by Gasteiger charge is -2.46. The molecule has 21 aromatic carbocycles. The van der Waals surface area contributed by atoms with Gasteiger partial charge in [-0.25, -0.2) is 19.6 Å². The van der Waals surface area contributed by atoms with E-state index in [4.69, 9.17) is 38.5 Å². The maximum atomic E-state index is 16.1. The van der Waals surface area contributed by atoms with Gasteiger partial charge in [0.25, 0.3) is 11.6 Å². The van der Waals surface area contributed by atoms with Gasteiger partial charge < -0.3 is 29.2 Å². The van der Waals surface area contributed by atoms with Crippen LogP contribution in [0.1, 0.15) is 97.2 Å². The number of methoxy groups -OCH3 is 2. The lowest BCUT2D eigenvalue weighted by Crippen LogP contribution is -2.53. The predicted molar refractivity (Wildman–Crippen MR) is 303 cm³/mol. The van der Waals surface area contributed by atoms with Gasteiger partial charge in [-0.05, 0) is 235 Å². The van der Waals surface area contributed by atoms with E-state index in [2.05, 4.69) is 0 Å². The number of rotatable bonds is 6. The molecule has 4 aliphatic heterocycles. The standard InChI is InChI=1S/C70H26O10/c1-63(2,3)77-79-65-49-39-29-19-14-9-10-12-13-11(9)16-22-20(14)30(29)40-42-32(22)36-26(16)28-18(13)24-23-17(12)27-25-15(10)21(19)31-35(25)45-47-37(27)33(23)43-44-34(24)38(28)48-46(36)56-52(42)66(50(40)49,80-78-64(4,5)6)60-59(65)61-68(72)62(60)76-70(56,74-8)58(48)54(44)67(68,71)53(43)57(47)69(73-7,75-61)55(45)51(65)41(31)39/h71-72H,1-8H3. The monoisotopic (exact) mass is 1030 g/mol. The third-order valence-electron chi connectivity index (χ3n) is 25.4. The average Bonchev–Trinajstić information content (AvgIpc) is 1.41. The van der Waals surface area contributed by atoms with E-state index in [-0.39, 0.29) is 11.5 Å². The van der Waals surface area contributed by atoms with Crippen LogP contribution in [-0.4, -0.2) is 41.2 Å². The number of hydrogen-bond acceptors (Lipinski definition) is 10. The molecule has 32 rings (SSSR count). The fraction of sp³-hybridized carbons (Fsp3) is 0.229. The van der Waals surface area contributed by atoms with Gasteiger partial charge in [0.15, 0.2) is 28.3 Å². The third kappa shape index (κ3) is 2.03. The summed E-state index contributed by atoms with van der Waals surface area (Å²) >= 11 is 0. The van der Waals surface area contributed by atoms with Crippen LogP contribution < -0.4 is 0 Å². The normalized spacial score (nSPS) is 30.3. The molecule has 0 amide bonds. The zero-order chi connectivity index (χ0) is 50.8. The van der Waals surface area contributed by atoms with Gasteiger partial charge in [0.05, 0.1) is 11.2 Å². The molecule has 4 bridgehead atoms. The summed E-state index contributed by atoms with van der Waals surface area (Å²) in [6.45, 7) is 12.2. The van der Waals surface area contributed by atoms with Crippen LogP contribution in [0.2, 0.25) is 0 Å². The van der Waals surface area contributed by atoms with E-state index < -0.39 is 45.2 Å². The summed E-state index contributed by atoms with van der Waals surface area (Å²) in [6.07, 6.45) is 0. The molecule has 10 nitrogen and oxygen atoms in total. The molecule has 0 saturated heterocycles. The maximum Gasteiger partial charge on any atom is 0.265 e. The molecule has 2 N–H and O–H groups in total. The fourth-order valence-electron chi connectivity index (χ4n) is 24.7. The Kier molecular flexibility index (Phi) is 3.49. The minimum atomic E-state index is -2.51. The first-order valence-electron chi connectivity index (χ1n) is 28.6. The molecule has 4 unspecified atom stereocenters. The highest BCUT2D eigenvalue weighted by atomic mass is 17.2. The molecule has 10 heteroatoms. The Labute approximate surface area is 441 Å². The lowest BCUT2D eigenvalue weighted by molar-refractivity contribution is -0.402. The Morgan fingerprint density at radius 3 is 0.713 bits per heavy atom. The summed E-state index contributed by atoms with van der Waals surface area (Å²) in [5.41, 5.74) is -0.639. The van der Waals surface area contributed by atoms with Crippen molar-refractivity contribution in [1.29, 1.82) is 0 Å². The van der Waals surface area contributed by atoms with E-state index in [1.54, 1.807) is 14.2 Å². The molecule has 0 spiro atoms. The summed E-state index contributed by atoms with van der Waals surface area (Å²) in [7, 11) is 3.54. The van der Waals surface area contributed by atoms with Crippen molar-refractivity contribution in [3.05, 3.63) is 78.3 Å². The molecule has 0 fully saturated rings. The Morgan fingerprint density at radius 1 is 0.275 bits per heavy atom. The van der Waals surface area contributed by atoms with Gasteiger partial charge >= 0.3 is 0 Å². The Bertz CT molecular complexity index is 6730. The van der Waals surface area contributed by atoms with Gasteiger partial charge in [0.2, 0.25) is 5.60 Å². The molecule has 80 heavy (non-hydrogen) atoms. The largest absolute Gasteiger partial charge is 0.454 e. The average molecular weight is 1030 g/mol. The van der Waals surface area contributed by atoms with Crippen molar-refractivity contribution in [2.45, 2.75) is 86.7 Å². The van der Waals surface area contributed by atoms with Crippen LogP contribution in [0.5, 0.6) is 0 Å². The van der Waals surface area contributed by atoms with Crippen molar-refractivity contribution in [2.75, 3.05) is 14.2 Å². The molecule has 0 aromatic heterocycles. The van der Waals surface area contributed by atoms with Gasteiger partial charge in [-0.3, -0.25) is 0 Å². The summed E-state index contributed by atoms with van der Waals surface area (Å²) in [4.78, 5) is 30.2. The van der Waals surface area contributed by atoms with Crippen molar-refractivity contribution in [1.82, 2.24) is 0 Å². The van der Waals surface area contributed by atoms with Crippen molar-refractivity contribution < 1.29 is 48.7 Å². The highest BCUT2D eigenvalue weighted by Gasteiger charge is 2.84. The molecular weight excluding hydrogens is 1000 g/mol. The second-order valence-corrected chi connectivity index (χ2v) is 29.3. The van der Waals surface area contributed by atoms with Gasteiger partial charge in [0, 0.05) is 103 Å². The smallest absolute Gasteiger partial charge is 0.265 e. The van der Waals surface area contributed by atoms with Crippen molar-refractivity contribution in [2.24, 2.45) is 0 Å². The summed E-state index contributed by atoms with van der Waals surface area (Å²) in [6, 6.07) is 0. The first-order valence-corrected chi connectivity index (χ1v) is 28.6. The van der Waals surface area contributed by atoms with Crippen molar-refractivity contribution in [3.8, 4) is 0 Å². The minimum absolute atomic E-state index is 0.113. The molecule has 0 radical (unpaired) electrons. The van der Waals surface area contributed by atoms with Gasteiger partial charge in [-0.1, -0.05) is 0 Å². The molecule has 21 aromatic rings. The molecular formula is C70H26O10. The second-order valence-electron chi connectivity index (χ2n) is 29.3. The maximum absolute atomic E-state index is 16.1. The van der Waals surface area contributed by atoms with E-state index in [0.717, 1.165) is 98.4 Å². The van der Waals surface area contributed by atoms with E-state index in [1.165, 1.54) is 162 Å². The number of aliphatic hydroxyl groups is 2. The molecule has 4 heterocycles. The first kappa shape index (κ1) is 35.1. The quantitative estimate of drug-likeness (QED) is 0.0948. The highest BCUT2D eigenvalue weighted by Crippen LogP contribution is 2.88. The molecule has 11 aliphatic rings. The van der Waals surface area contributed by atoms with Crippen LogP contribution in [0.15, 0.2) is 22.7 Å². The number of hydrogen-bond donors (Lipinski definition) is 2. The minimum Gasteiger partial charge on any atom is -0.454 e. The summed E-state index contributed by atoms with van der Waals surface area (Å²) in [5.74, 6) is -3.23. The Balaban J connectivity index is 1.12. The number of ether oxygens (including phenoxy) is 4. The zero-order valence-electron chi connectivity index (χ0n) is 43.2. The zero-order valence-corrected chi connectivity index (χ0v) is 43.2. The lowest BCUT2D eigenvalue weighted by atomic mass is 9.63. The predicted octanol–water partition coefficient (Wildman–Crippen LogP) is 14.4. The van der Waals surface area contributed by atoms with Crippen LogP contribution >= 0.6 is 0 Å². The van der Waals surface area contributed by atoms with E-state index in [9.17, 15) is 0 Å². The van der Waals surface area contributed by atoms with Crippen LogP contribution in [0.4, 0.5) is 0 Å². The second kappa shape index (κ2) is 7.96. The highest BCUT2D eigenvalue weighted by molar-refractivity contribution is 6.77. The van der Waals surface area contributed by atoms with Crippen LogP contribution in [0.25, 0.3) is 215 Å². The molecule has 4 atom stereocenters. The van der Waals surface area contributed by atoms with Gasteiger partial charge in [-0.15, -0.1) is 0 Å². The number of benzene rings is 15. The fourth-order valence-corrected chi connectivity index (χ4v) is 24.7. The van der Waals surface area contributed by atoms with Crippen LogP contribution in [0, 0.1) is 0 Å². The SMILES string of the molecule is COC12OC3=C4C5=C6OC7(OC)c8c9c%10c%11c(c%12c%13c%14c(c1c1c%15c2c2c%16c%17c(c7c7c8c8c%10c%10c%18c%11c%13c%11c%13c%14c1c1c%14c%15c%16c%15c%16c%17c7c7c8c%10c8c(c%11%18)c(c1%13)c(c%14%15)c8c7%16)C2(O)C36O)C4%12OOC(C)(C)C)C59OOC(C)(C)C. The van der Waals surface area contributed by atoms with E-state index >= 15 is 10.2 Å². The van der Waals surface area contributed by atoms with E-state index in [1.807, 2.05) is 41.5 Å². The van der Waals surface area contributed by atoms with Crippen LogP contribution in [0.3, 0.4) is 0 Å². The summed E-state index contributed by atoms with van der Waals surface area (Å²) < 4.78 is 31.7. The van der Waals surface area contributed by atoms with Gasteiger partial charge in [0.1, 0.15) is 0 Å². The molecule has 366 valence electrons. The summed E-state index contributed by atoms with van der Waals surface area (Å²) in [5, 5.41) is 82.2.